The van der Waals surface area contributed by atoms with Crippen LogP contribution in [0, 0.1) is 0 Å². The Bertz CT molecular complexity index is 1720. The molecule has 8 rings (SSSR count). The lowest BCUT2D eigenvalue weighted by atomic mass is 9.73. The molecule has 4 aromatic carbocycles. The fourth-order valence-electron chi connectivity index (χ4n) is 6.98. The number of rotatable bonds is 3. The molecule has 0 radical (unpaired) electrons. The normalized spacial score (nSPS) is 20.9. The molecule has 1 heterocycles. The second-order valence-electron chi connectivity index (χ2n) is 11.2. The van der Waals surface area contributed by atoms with E-state index in [2.05, 4.69) is 121 Å². The van der Waals surface area contributed by atoms with Crippen LogP contribution in [0.4, 0.5) is 0 Å². The van der Waals surface area contributed by atoms with Crippen LogP contribution >= 0.6 is 11.8 Å². The standard InChI is InChI=1S/C38H30S/c1-3-11-25(12-4-1)28-19-29(26-13-5-2-6-14-26)21-30(20-28)31-23-34-32-16-8-7-15-27(32)22-35-33-17-9-10-18-36(33)39-37(24-31)38(34)35/h1-9,11-17,19-20,23-24,29,35H,10,18,21-22H2/t29?,35-/m0/s1. The number of hydrogen-bond acceptors (Lipinski definition) is 1. The zero-order valence-electron chi connectivity index (χ0n) is 21.9. The summed E-state index contributed by atoms with van der Waals surface area (Å²) in [6.45, 7) is 0. The van der Waals surface area contributed by atoms with Gasteiger partial charge in [-0.2, -0.15) is 0 Å². The average molecular weight is 519 g/mol. The van der Waals surface area contributed by atoms with Crippen LogP contribution in [0.1, 0.15) is 58.9 Å². The highest BCUT2D eigenvalue weighted by Crippen LogP contribution is 2.56. The SMILES string of the molecule is C1=CC2=C(CC1)Sc1cc(C3=CC(c4ccccc4)=CC(c4ccccc4)C3)cc3c1[C@H]2Cc1ccccc1-3. The van der Waals surface area contributed by atoms with E-state index < -0.39 is 0 Å². The zero-order valence-corrected chi connectivity index (χ0v) is 22.8. The van der Waals surface area contributed by atoms with Gasteiger partial charge < -0.3 is 0 Å². The van der Waals surface area contributed by atoms with Gasteiger partial charge in [0.25, 0.3) is 0 Å². The van der Waals surface area contributed by atoms with Crippen LogP contribution in [0.25, 0.3) is 22.3 Å². The number of thioether (sulfide) groups is 1. The van der Waals surface area contributed by atoms with Gasteiger partial charge in [-0.25, -0.2) is 0 Å². The molecule has 0 saturated carbocycles. The summed E-state index contributed by atoms with van der Waals surface area (Å²) >= 11 is 2.04. The zero-order chi connectivity index (χ0) is 25.8. The molecule has 0 saturated heterocycles. The van der Waals surface area contributed by atoms with E-state index in [0.717, 1.165) is 19.3 Å². The largest absolute Gasteiger partial charge is 0.0939 e. The molecule has 1 heteroatoms. The molecule has 2 atom stereocenters. The van der Waals surface area contributed by atoms with Crippen molar-refractivity contribution in [2.45, 2.75) is 42.4 Å². The van der Waals surface area contributed by atoms with Gasteiger partial charge in [-0.05, 0) is 98.4 Å². The van der Waals surface area contributed by atoms with Crippen molar-refractivity contribution in [3.63, 3.8) is 0 Å². The van der Waals surface area contributed by atoms with Crippen LogP contribution in [0.3, 0.4) is 0 Å². The van der Waals surface area contributed by atoms with Crippen LogP contribution in [-0.2, 0) is 6.42 Å². The molecule has 1 aliphatic heterocycles. The quantitative estimate of drug-likeness (QED) is 0.260. The first-order chi connectivity index (χ1) is 19.3. The van der Waals surface area contributed by atoms with Crippen LogP contribution in [0.15, 0.2) is 137 Å². The lowest BCUT2D eigenvalue weighted by Crippen LogP contribution is -2.19. The number of allylic oxidation sites excluding steroid dienone is 8. The molecule has 0 fully saturated rings. The Morgan fingerprint density at radius 1 is 0.718 bits per heavy atom. The Balaban J connectivity index is 1.30. The smallest absolute Gasteiger partial charge is 0.0169 e. The van der Waals surface area contributed by atoms with E-state index in [1.165, 1.54) is 55.8 Å². The van der Waals surface area contributed by atoms with Crippen molar-refractivity contribution in [3.8, 4) is 11.1 Å². The molecule has 1 unspecified atom stereocenters. The number of benzene rings is 4. The van der Waals surface area contributed by atoms with Crippen molar-refractivity contribution in [3.05, 3.63) is 160 Å². The Hall–Kier alpha value is -3.81. The fraction of sp³-hybridized carbons (Fsp3) is 0.158. The van der Waals surface area contributed by atoms with E-state index in [4.69, 9.17) is 0 Å². The van der Waals surface area contributed by atoms with Crippen molar-refractivity contribution in [2.24, 2.45) is 0 Å². The lowest BCUT2D eigenvalue weighted by Gasteiger charge is -2.37. The van der Waals surface area contributed by atoms with E-state index in [1.54, 1.807) is 16.0 Å². The first-order valence-electron chi connectivity index (χ1n) is 14.2. The van der Waals surface area contributed by atoms with Gasteiger partial charge in [0.2, 0.25) is 0 Å². The molecule has 4 aliphatic rings. The van der Waals surface area contributed by atoms with E-state index >= 15 is 0 Å². The van der Waals surface area contributed by atoms with Crippen molar-refractivity contribution >= 4 is 22.9 Å². The van der Waals surface area contributed by atoms with E-state index in [1.807, 2.05) is 11.8 Å². The minimum atomic E-state index is 0.360. The summed E-state index contributed by atoms with van der Waals surface area (Å²) in [4.78, 5) is 3.06. The highest BCUT2D eigenvalue weighted by atomic mass is 32.2. The maximum atomic E-state index is 2.52. The van der Waals surface area contributed by atoms with Gasteiger partial charge in [-0.3, -0.25) is 0 Å². The predicted octanol–water partition coefficient (Wildman–Crippen LogP) is 10.4. The van der Waals surface area contributed by atoms with Crippen LogP contribution < -0.4 is 0 Å². The third-order valence-corrected chi connectivity index (χ3v) is 10.1. The molecule has 0 N–H and O–H groups in total. The highest BCUT2D eigenvalue weighted by Gasteiger charge is 2.35. The molecule has 39 heavy (non-hydrogen) atoms. The van der Waals surface area contributed by atoms with Gasteiger partial charge in [0.15, 0.2) is 0 Å². The summed E-state index contributed by atoms with van der Waals surface area (Å²) in [5, 5.41) is 0. The Kier molecular flexibility index (Phi) is 5.59. The molecule has 0 aromatic heterocycles. The van der Waals surface area contributed by atoms with Gasteiger partial charge in [0.05, 0.1) is 0 Å². The minimum absolute atomic E-state index is 0.360. The fourth-order valence-corrected chi connectivity index (χ4v) is 8.34. The molecule has 0 spiro atoms. The summed E-state index contributed by atoms with van der Waals surface area (Å²) in [5.74, 6) is 0.836. The summed E-state index contributed by atoms with van der Waals surface area (Å²) in [6.07, 6.45) is 14.2. The van der Waals surface area contributed by atoms with Gasteiger partial charge >= 0.3 is 0 Å². The Morgan fingerprint density at radius 2 is 1.51 bits per heavy atom. The van der Waals surface area contributed by atoms with Crippen LogP contribution in [-0.4, -0.2) is 0 Å². The molecular formula is C38H30S. The summed E-state index contributed by atoms with van der Waals surface area (Å²) in [7, 11) is 0. The first-order valence-corrected chi connectivity index (χ1v) is 15.0. The molecule has 0 amide bonds. The molecule has 0 bridgehead atoms. The molecule has 0 nitrogen and oxygen atoms in total. The van der Waals surface area contributed by atoms with Crippen molar-refractivity contribution in [1.82, 2.24) is 0 Å². The number of fused-ring (bicyclic) bond motifs is 3. The second kappa shape index (κ2) is 9.43. The maximum Gasteiger partial charge on any atom is 0.0169 e. The van der Waals surface area contributed by atoms with Crippen molar-refractivity contribution < 1.29 is 0 Å². The highest BCUT2D eigenvalue weighted by molar-refractivity contribution is 8.03. The predicted molar refractivity (Wildman–Crippen MR) is 166 cm³/mol. The average Bonchev–Trinajstić information content (AvgIpc) is 3.01. The van der Waals surface area contributed by atoms with E-state index in [-0.39, 0.29) is 0 Å². The van der Waals surface area contributed by atoms with Gasteiger partial charge in [-0.1, -0.05) is 121 Å². The molecule has 3 aliphatic carbocycles. The van der Waals surface area contributed by atoms with Crippen LogP contribution in [0.5, 0.6) is 0 Å². The lowest BCUT2D eigenvalue weighted by molar-refractivity contribution is 0.751. The maximum absolute atomic E-state index is 2.52. The minimum Gasteiger partial charge on any atom is -0.0939 e. The van der Waals surface area contributed by atoms with Gasteiger partial charge in [0, 0.05) is 16.7 Å². The molecule has 188 valence electrons. The Morgan fingerprint density at radius 3 is 2.38 bits per heavy atom. The molecular weight excluding hydrogens is 488 g/mol. The topological polar surface area (TPSA) is 0 Å². The monoisotopic (exact) mass is 518 g/mol. The van der Waals surface area contributed by atoms with E-state index in [9.17, 15) is 0 Å². The summed E-state index contributed by atoms with van der Waals surface area (Å²) < 4.78 is 0. The van der Waals surface area contributed by atoms with Gasteiger partial charge in [-0.15, -0.1) is 0 Å². The third kappa shape index (κ3) is 3.99. The third-order valence-electron chi connectivity index (χ3n) is 8.84. The summed E-state index contributed by atoms with van der Waals surface area (Å²) in [6, 6.07) is 36.1. The molecule has 4 aromatic rings. The number of hydrogen-bond donors (Lipinski definition) is 0. The Labute approximate surface area is 235 Å². The van der Waals surface area contributed by atoms with Crippen molar-refractivity contribution in [2.75, 3.05) is 0 Å². The first kappa shape index (κ1) is 23.1. The van der Waals surface area contributed by atoms with Gasteiger partial charge in [0.1, 0.15) is 0 Å². The summed E-state index contributed by atoms with van der Waals surface area (Å²) in [5.41, 5.74) is 14.3. The second-order valence-corrected chi connectivity index (χ2v) is 12.3. The van der Waals surface area contributed by atoms with Crippen molar-refractivity contribution in [1.29, 1.82) is 0 Å². The van der Waals surface area contributed by atoms with Crippen LogP contribution in [0.2, 0.25) is 0 Å². The van der Waals surface area contributed by atoms with E-state index in [0.29, 0.717) is 11.8 Å².